The number of pyridine rings is 1. The number of hydrogen-bond acceptors (Lipinski definition) is 5. The van der Waals surface area contributed by atoms with E-state index < -0.39 is 0 Å². The average Bonchev–Trinajstić information content (AvgIpc) is 3.65. The highest BCUT2D eigenvalue weighted by atomic mass is 16.5. The van der Waals surface area contributed by atoms with Gasteiger partial charge in [-0.15, -0.1) is 0 Å². The smallest absolute Gasteiger partial charge is 0.254 e. The second-order valence-electron chi connectivity index (χ2n) is 9.54. The molecule has 7 nitrogen and oxygen atoms in total. The summed E-state index contributed by atoms with van der Waals surface area (Å²) in [5.74, 6) is 1.57. The van der Waals surface area contributed by atoms with Crippen molar-refractivity contribution in [2.75, 3.05) is 36.5 Å². The van der Waals surface area contributed by atoms with Crippen molar-refractivity contribution in [3.8, 4) is 0 Å². The van der Waals surface area contributed by atoms with Crippen LogP contribution in [0, 0.1) is 18.8 Å². The average molecular weight is 449 g/mol. The van der Waals surface area contributed by atoms with E-state index in [1.807, 2.05) is 53.1 Å². The molecule has 33 heavy (non-hydrogen) atoms. The zero-order valence-corrected chi connectivity index (χ0v) is 19.6. The van der Waals surface area contributed by atoms with Crippen LogP contribution in [0.3, 0.4) is 0 Å². The summed E-state index contributed by atoms with van der Waals surface area (Å²) in [5.41, 5.74) is 3.49. The maximum atomic E-state index is 13.2. The Bertz CT molecular complexity index is 1060. The highest BCUT2D eigenvalue weighted by Crippen LogP contribution is 2.50. The van der Waals surface area contributed by atoms with Crippen LogP contribution >= 0.6 is 0 Å². The van der Waals surface area contributed by atoms with E-state index >= 15 is 0 Å². The third kappa shape index (κ3) is 4.22. The third-order valence-corrected chi connectivity index (χ3v) is 7.17. The van der Waals surface area contributed by atoms with E-state index in [0.29, 0.717) is 37.8 Å². The van der Waals surface area contributed by atoms with Gasteiger partial charge >= 0.3 is 0 Å². The van der Waals surface area contributed by atoms with Crippen molar-refractivity contribution in [3.63, 3.8) is 0 Å². The predicted octanol–water partition coefficient (Wildman–Crippen LogP) is 3.80. The number of fused-ring (bicyclic) bond motifs is 1. The quantitative estimate of drug-likeness (QED) is 0.770. The molecule has 0 spiro atoms. The molecule has 3 aliphatic rings. The van der Waals surface area contributed by atoms with Gasteiger partial charge in [0.25, 0.3) is 5.91 Å². The SMILES string of the molecule is CC(=O)N1c2ccc(C(=O)N3CCOCC3)cc2[C@H](Nc2cccc(C)n2)[C@@H](C)[C@@H]1C1CC1. The predicted molar refractivity (Wildman–Crippen MR) is 127 cm³/mol. The van der Waals surface area contributed by atoms with Crippen LogP contribution in [0.15, 0.2) is 36.4 Å². The fourth-order valence-electron chi connectivity index (χ4n) is 5.43. The molecule has 5 rings (SSSR count). The lowest BCUT2D eigenvalue weighted by Crippen LogP contribution is -2.51. The standard InChI is InChI=1S/C26H32N4O3/c1-16-5-4-6-23(27-16)28-24-17(2)25(19-7-8-19)30(18(3)31)22-10-9-20(15-21(22)24)26(32)29-11-13-33-14-12-29/h4-6,9-10,15,17,19,24-25H,7-8,11-14H2,1-3H3,(H,27,28)/t17-,24-,25-/m1/s1. The van der Waals surface area contributed by atoms with Gasteiger partial charge in [0.15, 0.2) is 0 Å². The summed E-state index contributed by atoms with van der Waals surface area (Å²) in [6.07, 6.45) is 2.30. The topological polar surface area (TPSA) is 74.8 Å². The van der Waals surface area contributed by atoms with Gasteiger partial charge in [-0.3, -0.25) is 9.59 Å². The maximum absolute atomic E-state index is 13.2. The van der Waals surface area contributed by atoms with Gasteiger partial charge in [0.05, 0.1) is 19.3 Å². The fourth-order valence-corrected chi connectivity index (χ4v) is 5.43. The monoisotopic (exact) mass is 448 g/mol. The van der Waals surface area contributed by atoms with Gasteiger partial charge in [0.2, 0.25) is 5.91 Å². The van der Waals surface area contributed by atoms with E-state index in [4.69, 9.17) is 4.74 Å². The number of amides is 2. The van der Waals surface area contributed by atoms with E-state index in [2.05, 4.69) is 17.2 Å². The van der Waals surface area contributed by atoms with Crippen LogP contribution in [0.25, 0.3) is 0 Å². The first-order valence-corrected chi connectivity index (χ1v) is 11.9. The van der Waals surface area contributed by atoms with Crippen molar-refractivity contribution >= 4 is 23.3 Å². The summed E-state index contributed by atoms with van der Waals surface area (Å²) in [7, 11) is 0. The lowest BCUT2D eigenvalue weighted by atomic mass is 9.79. The number of anilines is 2. The number of nitrogens with one attached hydrogen (secondary N) is 1. The molecule has 1 N–H and O–H groups in total. The molecule has 2 fully saturated rings. The van der Waals surface area contributed by atoms with Crippen LogP contribution in [0.1, 0.15) is 54.3 Å². The van der Waals surface area contributed by atoms with Gasteiger partial charge in [0, 0.05) is 48.9 Å². The van der Waals surface area contributed by atoms with E-state index in [9.17, 15) is 9.59 Å². The van der Waals surface area contributed by atoms with Crippen LogP contribution in [0.4, 0.5) is 11.5 Å². The van der Waals surface area contributed by atoms with Crippen LogP contribution in [0.2, 0.25) is 0 Å². The molecule has 1 aliphatic carbocycles. The Balaban J connectivity index is 1.57. The van der Waals surface area contributed by atoms with Crippen LogP contribution in [-0.4, -0.2) is 54.0 Å². The van der Waals surface area contributed by atoms with Gasteiger partial charge in [-0.25, -0.2) is 4.98 Å². The lowest BCUT2D eigenvalue weighted by molar-refractivity contribution is -0.117. The molecule has 2 aliphatic heterocycles. The number of rotatable bonds is 4. The minimum absolute atomic E-state index is 0.0138. The molecule has 0 unspecified atom stereocenters. The Kier molecular flexibility index (Phi) is 5.83. The Labute approximate surface area is 195 Å². The molecular weight excluding hydrogens is 416 g/mol. The Morgan fingerprint density at radius 2 is 1.88 bits per heavy atom. The maximum Gasteiger partial charge on any atom is 0.254 e. The van der Waals surface area contributed by atoms with Crippen molar-refractivity contribution in [1.29, 1.82) is 0 Å². The lowest BCUT2D eigenvalue weighted by Gasteiger charge is -2.46. The summed E-state index contributed by atoms with van der Waals surface area (Å²) in [5, 5.41) is 3.65. The number of nitrogens with zero attached hydrogens (tertiary/aromatic N) is 3. The zero-order valence-electron chi connectivity index (χ0n) is 19.6. The number of ether oxygens (including phenoxy) is 1. The molecule has 1 saturated carbocycles. The Morgan fingerprint density at radius 1 is 1.12 bits per heavy atom. The first-order chi connectivity index (χ1) is 15.9. The highest BCUT2D eigenvalue weighted by molar-refractivity contribution is 5.98. The van der Waals surface area contributed by atoms with E-state index in [1.54, 1.807) is 6.92 Å². The molecule has 1 saturated heterocycles. The van der Waals surface area contributed by atoms with E-state index in [1.165, 1.54) is 0 Å². The van der Waals surface area contributed by atoms with Crippen molar-refractivity contribution < 1.29 is 14.3 Å². The fraction of sp³-hybridized carbons (Fsp3) is 0.500. The van der Waals surface area contributed by atoms with Crippen molar-refractivity contribution in [2.24, 2.45) is 11.8 Å². The van der Waals surface area contributed by atoms with Gasteiger partial charge in [-0.2, -0.15) is 0 Å². The minimum Gasteiger partial charge on any atom is -0.378 e. The summed E-state index contributed by atoms with van der Waals surface area (Å²) >= 11 is 0. The second-order valence-corrected chi connectivity index (χ2v) is 9.54. The molecule has 0 bridgehead atoms. The number of aryl methyl sites for hydroxylation is 1. The van der Waals surface area contributed by atoms with Crippen molar-refractivity contribution in [2.45, 2.75) is 45.7 Å². The summed E-state index contributed by atoms with van der Waals surface area (Å²) in [4.78, 5) is 34.5. The Hall–Kier alpha value is -2.93. The molecule has 174 valence electrons. The second kappa shape index (κ2) is 8.78. The normalized spacial score (nSPS) is 24.9. The van der Waals surface area contributed by atoms with Crippen LogP contribution < -0.4 is 10.2 Å². The molecule has 1 aromatic heterocycles. The molecular formula is C26H32N4O3. The van der Waals surface area contributed by atoms with Crippen molar-refractivity contribution in [1.82, 2.24) is 9.88 Å². The number of carbonyl (C=O) groups is 2. The van der Waals surface area contributed by atoms with Crippen LogP contribution in [0.5, 0.6) is 0 Å². The molecule has 2 aromatic rings. The first-order valence-electron chi connectivity index (χ1n) is 11.9. The van der Waals surface area contributed by atoms with E-state index in [-0.39, 0.29) is 29.8 Å². The molecule has 3 atom stereocenters. The molecule has 0 radical (unpaired) electrons. The number of carbonyl (C=O) groups excluding carboxylic acids is 2. The number of hydrogen-bond donors (Lipinski definition) is 1. The summed E-state index contributed by atoms with van der Waals surface area (Å²) in [6.45, 7) is 8.18. The Morgan fingerprint density at radius 3 is 2.55 bits per heavy atom. The summed E-state index contributed by atoms with van der Waals surface area (Å²) in [6, 6.07) is 11.9. The zero-order chi connectivity index (χ0) is 23.1. The van der Waals surface area contributed by atoms with Crippen molar-refractivity contribution in [3.05, 3.63) is 53.2 Å². The summed E-state index contributed by atoms with van der Waals surface area (Å²) < 4.78 is 5.41. The van der Waals surface area contributed by atoms with Gasteiger partial charge in [0.1, 0.15) is 5.82 Å². The van der Waals surface area contributed by atoms with Crippen LogP contribution in [-0.2, 0) is 9.53 Å². The third-order valence-electron chi connectivity index (χ3n) is 7.17. The van der Waals surface area contributed by atoms with Gasteiger partial charge in [-0.1, -0.05) is 13.0 Å². The van der Waals surface area contributed by atoms with Gasteiger partial charge in [-0.05, 0) is 61.6 Å². The number of aromatic nitrogens is 1. The minimum atomic E-state index is -0.0482. The van der Waals surface area contributed by atoms with Gasteiger partial charge < -0.3 is 19.9 Å². The number of benzene rings is 1. The molecule has 1 aromatic carbocycles. The molecule has 7 heteroatoms. The largest absolute Gasteiger partial charge is 0.378 e. The molecule has 3 heterocycles. The molecule has 2 amide bonds. The number of morpholine rings is 1. The highest BCUT2D eigenvalue weighted by Gasteiger charge is 2.47. The van der Waals surface area contributed by atoms with E-state index in [0.717, 1.165) is 35.6 Å². The first kappa shape index (κ1) is 21.9.